The number of nitrogens with one attached hydrogen (secondary N) is 1. The van der Waals surface area contributed by atoms with E-state index in [-0.39, 0.29) is 25.6 Å². The van der Waals surface area contributed by atoms with Crippen LogP contribution in [0.5, 0.6) is 11.5 Å². The number of rotatable bonds is 11. The van der Waals surface area contributed by atoms with E-state index in [0.29, 0.717) is 23.2 Å². The fourth-order valence-corrected chi connectivity index (χ4v) is 4.38. The Hall–Kier alpha value is -5.32. The van der Waals surface area contributed by atoms with Gasteiger partial charge in [0, 0.05) is 31.4 Å². The number of methoxy groups -OCH3 is 2. The van der Waals surface area contributed by atoms with E-state index in [1.165, 1.54) is 4.57 Å². The summed E-state index contributed by atoms with van der Waals surface area (Å²) >= 11 is 0. The maximum absolute atomic E-state index is 13.8. The molecule has 0 atom stereocenters. The number of ether oxygens (including phenoxy) is 2. The highest BCUT2D eigenvalue weighted by atomic mass is 16.5. The molecule has 0 unspecified atom stereocenters. The van der Waals surface area contributed by atoms with Crippen LogP contribution in [-0.4, -0.2) is 40.4 Å². The lowest BCUT2D eigenvalue weighted by Crippen LogP contribution is -2.43. The normalized spacial score (nSPS) is 10.8. The van der Waals surface area contributed by atoms with E-state index < -0.39 is 11.4 Å². The van der Waals surface area contributed by atoms with Crippen LogP contribution in [0, 0.1) is 0 Å². The van der Waals surface area contributed by atoms with Crippen molar-refractivity contribution in [3.63, 3.8) is 0 Å². The number of benzene rings is 2. The van der Waals surface area contributed by atoms with Crippen molar-refractivity contribution in [3.8, 4) is 11.5 Å². The second-order valence-corrected chi connectivity index (χ2v) is 9.22. The van der Waals surface area contributed by atoms with Gasteiger partial charge in [0.05, 0.1) is 33.6 Å². The third kappa shape index (κ3) is 6.14. The molecule has 0 saturated carbocycles. The molecule has 0 amide bonds. The second-order valence-electron chi connectivity index (χ2n) is 9.22. The Labute approximate surface area is 236 Å². The van der Waals surface area contributed by atoms with E-state index in [2.05, 4.69) is 15.3 Å². The van der Waals surface area contributed by atoms with Crippen LogP contribution in [0.2, 0.25) is 0 Å². The molecule has 0 fully saturated rings. The molecular weight excluding hydrogens is 524 g/mol. The predicted molar refractivity (Wildman–Crippen MR) is 155 cm³/mol. The topological polar surface area (TPSA) is 117 Å². The minimum atomic E-state index is -0.654. The molecular formula is C30H30N6O5. The van der Waals surface area contributed by atoms with E-state index in [1.807, 2.05) is 66.5 Å². The van der Waals surface area contributed by atoms with Crippen LogP contribution in [0.1, 0.15) is 16.7 Å². The van der Waals surface area contributed by atoms with Crippen LogP contribution < -0.4 is 31.1 Å². The molecule has 2 aromatic carbocycles. The smallest absolute Gasteiger partial charge is 0.355 e. The first-order valence-electron chi connectivity index (χ1n) is 12.9. The van der Waals surface area contributed by atoms with Crippen LogP contribution in [0.4, 0.5) is 17.7 Å². The third-order valence-corrected chi connectivity index (χ3v) is 6.61. The molecule has 11 nitrogen and oxygen atoms in total. The largest absolute Gasteiger partial charge is 0.497 e. The third-order valence-electron chi connectivity index (χ3n) is 6.61. The zero-order chi connectivity index (χ0) is 28.8. The Bertz CT molecular complexity index is 1710. The summed E-state index contributed by atoms with van der Waals surface area (Å²) in [5.74, 6) is 2.82. The second kappa shape index (κ2) is 12.2. The fraction of sp³-hybridized carbons (Fsp3) is 0.200. The minimum Gasteiger partial charge on any atom is -0.497 e. The zero-order valence-corrected chi connectivity index (χ0v) is 23.0. The summed E-state index contributed by atoms with van der Waals surface area (Å²) in [6.07, 6.45) is 3.28. The van der Waals surface area contributed by atoms with Gasteiger partial charge in [0.1, 0.15) is 17.3 Å². The Morgan fingerprint density at radius 2 is 1.49 bits per heavy atom. The van der Waals surface area contributed by atoms with Gasteiger partial charge < -0.3 is 19.2 Å². The molecule has 5 aromatic rings. The number of hydrogen-bond donors (Lipinski definition) is 1. The Balaban J connectivity index is 1.49. The van der Waals surface area contributed by atoms with Crippen molar-refractivity contribution < 1.29 is 13.9 Å². The van der Waals surface area contributed by atoms with Crippen LogP contribution in [0.25, 0.3) is 0 Å². The first-order valence-corrected chi connectivity index (χ1v) is 12.9. The lowest BCUT2D eigenvalue weighted by molar-refractivity contribution is 0.414. The van der Waals surface area contributed by atoms with Gasteiger partial charge in [-0.15, -0.1) is 0 Å². The standard InChI is InChI=1S/C30H30N6O5/c1-34(26-7-5-17-41-26)27-23(6-4-16-31-27)18-32-28-33-29(37)36(20-22-10-14-25(40-3)15-11-22)30(38)35(28)19-21-8-12-24(39-2)13-9-21/h4-17H,18-20H2,1-3H3,(H,32,33,37). The van der Waals surface area contributed by atoms with Crippen LogP contribution in [0.15, 0.2) is 99.3 Å². The minimum absolute atomic E-state index is 0.0677. The zero-order valence-electron chi connectivity index (χ0n) is 23.0. The van der Waals surface area contributed by atoms with Crippen molar-refractivity contribution >= 4 is 17.7 Å². The van der Waals surface area contributed by atoms with Gasteiger partial charge in [-0.1, -0.05) is 30.3 Å². The number of hydrogen-bond acceptors (Lipinski definition) is 9. The summed E-state index contributed by atoms with van der Waals surface area (Å²) in [5.41, 5.74) is 1.28. The molecule has 0 bridgehead atoms. The Kier molecular flexibility index (Phi) is 8.14. The molecule has 41 heavy (non-hydrogen) atoms. The molecule has 1 N–H and O–H groups in total. The number of pyridine rings is 1. The molecule has 3 heterocycles. The average molecular weight is 555 g/mol. The monoisotopic (exact) mass is 554 g/mol. The molecule has 0 radical (unpaired) electrons. The van der Waals surface area contributed by atoms with Crippen molar-refractivity contribution in [1.82, 2.24) is 19.1 Å². The van der Waals surface area contributed by atoms with Crippen molar-refractivity contribution in [2.24, 2.45) is 0 Å². The Morgan fingerprint density at radius 3 is 2.07 bits per heavy atom. The molecule has 210 valence electrons. The van der Waals surface area contributed by atoms with Gasteiger partial charge >= 0.3 is 11.4 Å². The quantitative estimate of drug-likeness (QED) is 0.260. The van der Waals surface area contributed by atoms with Crippen LogP contribution in [0.3, 0.4) is 0 Å². The predicted octanol–water partition coefficient (Wildman–Crippen LogP) is 3.89. The van der Waals surface area contributed by atoms with Crippen molar-refractivity contribution in [2.75, 3.05) is 31.5 Å². The van der Waals surface area contributed by atoms with Gasteiger partial charge in [0.2, 0.25) is 11.8 Å². The van der Waals surface area contributed by atoms with Gasteiger partial charge in [-0.3, -0.25) is 9.47 Å². The fourth-order valence-electron chi connectivity index (χ4n) is 4.38. The maximum Gasteiger partial charge on any atom is 0.355 e. The van der Waals surface area contributed by atoms with Gasteiger partial charge in [-0.25, -0.2) is 19.1 Å². The summed E-state index contributed by atoms with van der Waals surface area (Å²) in [4.78, 5) is 37.5. The lowest BCUT2D eigenvalue weighted by atomic mass is 10.2. The molecule has 11 heteroatoms. The first-order chi connectivity index (χ1) is 20.0. The van der Waals surface area contributed by atoms with Crippen molar-refractivity contribution in [2.45, 2.75) is 19.6 Å². The number of nitrogens with zero attached hydrogens (tertiary/aromatic N) is 5. The maximum atomic E-state index is 13.8. The summed E-state index contributed by atoms with van der Waals surface area (Å²) in [6.45, 7) is 0.511. The molecule has 0 aliphatic carbocycles. The summed E-state index contributed by atoms with van der Waals surface area (Å²) in [7, 11) is 5.02. The van der Waals surface area contributed by atoms with E-state index >= 15 is 0 Å². The molecule has 0 saturated heterocycles. The summed E-state index contributed by atoms with van der Waals surface area (Å²) in [5, 5.41) is 3.20. The molecule has 3 aromatic heterocycles. The molecule has 0 aliphatic heterocycles. The molecule has 0 spiro atoms. The summed E-state index contributed by atoms with van der Waals surface area (Å²) < 4.78 is 18.6. The number of anilines is 3. The lowest BCUT2D eigenvalue weighted by Gasteiger charge is -2.20. The van der Waals surface area contributed by atoms with Gasteiger partial charge in [-0.2, -0.15) is 4.98 Å². The van der Waals surface area contributed by atoms with Gasteiger partial charge in [-0.05, 0) is 47.5 Å². The van der Waals surface area contributed by atoms with Crippen LogP contribution in [-0.2, 0) is 19.6 Å². The average Bonchev–Trinajstić information content (AvgIpc) is 3.55. The molecule has 5 rings (SSSR count). The van der Waals surface area contributed by atoms with E-state index in [0.717, 1.165) is 21.3 Å². The first kappa shape index (κ1) is 27.3. The highest BCUT2D eigenvalue weighted by Crippen LogP contribution is 2.25. The number of furan rings is 1. The van der Waals surface area contributed by atoms with Gasteiger partial charge in [0.15, 0.2) is 0 Å². The highest BCUT2D eigenvalue weighted by molar-refractivity contribution is 5.58. The highest BCUT2D eigenvalue weighted by Gasteiger charge is 2.17. The van der Waals surface area contributed by atoms with E-state index in [9.17, 15) is 9.59 Å². The molecule has 0 aliphatic rings. The summed E-state index contributed by atoms with van der Waals surface area (Å²) in [6, 6.07) is 21.9. The van der Waals surface area contributed by atoms with Crippen molar-refractivity contribution in [3.05, 3.63) is 123 Å². The van der Waals surface area contributed by atoms with Crippen LogP contribution >= 0.6 is 0 Å². The Morgan fingerprint density at radius 1 is 0.854 bits per heavy atom. The van der Waals surface area contributed by atoms with E-state index in [1.54, 1.807) is 44.9 Å². The van der Waals surface area contributed by atoms with Gasteiger partial charge in [0.25, 0.3) is 0 Å². The van der Waals surface area contributed by atoms with Crippen molar-refractivity contribution in [1.29, 1.82) is 0 Å². The SMILES string of the molecule is COc1ccc(Cn2c(NCc3cccnc3N(C)c3ccco3)nc(=O)n(Cc3ccc(OC)cc3)c2=O)cc1. The van der Waals surface area contributed by atoms with E-state index in [4.69, 9.17) is 13.9 Å². The number of aromatic nitrogens is 4.